The van der Waals surface area contributed by atoms with Crippen LogP contribution in [0.5, 0.6) is 0 Å². The fourth-order valence-electron chi connectivity index (χ4n) is 2.47. The Balaban J connectivity index is 2.11. The summed E-state index contributed by atoms with van der Waals surface area (Å²) < 4.78 is 0. The van der Waals surface area contributed by atoms with Crippen molar-refractivity contribution in [1.82, 2.24) is 4.90 Å². The smallest absolute Gasteiger partial charge is 0.320 e. The SMILES string of the molecule is Cc1ccccc1CN1CCCC[C@@H]1C(=O)O. The number of nitrogens with zero attached hydrogens (tertiary/aromatic N) is 1. The summed E-state index contributed by atoms with van der Waals surface area (Å²) in [7, 11) is 0. The molecule has 92 valence electrons. The molecule has 3 heteroatoms. The highest BCUT2D eigenvalue weighted by molar-refractivity contribution is 5.73. The van der Waals surface area contributed by atoms with Gasteiger partial charge in [-0.1, -0.05) is 30.7 Å². The molecular weight excluding hydrogens is 214 g/mol. The number of aliphatic carboxylic acids is 1. The van der Waals surface area contributed by atoms with Crippen molar-refractivity contribution < 1.29 is 9.90 Å². The van der Waals surface area contributed by atoms with Crippen LogP contribution in [-0.2, 0) is 11.3 Å². The second-order valence-corrected chi connectivity index (χ2v) is 4.75. The number of carboxylic acids is 1. The quantitative estimate of drug-likeness (QED) is 0.871. The molecule has 0 unspecified atom stereocenters. The van der Waals surface area contributed by atoms with Crippen LogP contribution in [0.3, 0.4) is 0 Å². The number of aryl methyl sites for hydroxylation is 1. The Morgan fingerprint density at radius 3 is 2.88 bits per heavy atom. The van der Waals surface area contributed by atoms with E-state index in [1.807, 2.05) is 12.1 Å². The van der Waals surface area contributed by atoms with Gasteiger partial charge in [-0.25, -0.2) is 0 Å². The minimum atomic E-state index is -0.682. The zero-order chi connectivity index (χ0) is 12.3. The summed E-state index contributed by atoms with van der Waals surface area (Å²) in [5, 5.41) is 9.21. The Labute approximate surface area is 102 Å². The van der Waals surface area contributed by atoms with E-state index in [1.165, 1.54) is 11.1 Å². The number of rotatable bonds is 3. The molecule has 1 aromatic carbocycles. The van der Waals surface area contributed by atoms with Gasteiger partial charge in [-0.3, -0.25) is 9.69 Å². The summed E-state index contributed by atoms with van der Waals surface area (Å²) in [6, 6.07) is 7.90. The maximum atomic E-state index is 11.2. The van der Waals surface area contributed by atoms with Crippen LogP contribution >= 0.6 is 0 Å². The summed E-state index contributed by atoms with van der Waals surface area (Å²) in [5.74, 6) is -0.682. The third kappa shape index (κ3) is 2.86. The first-order valence-corrected chi connectivity index (χ1v) is 6.20. The van der Waals surface area contributed by atoms with Gasteiger partial charge in [0.15, 0.2) is 0 Å². The lowest BCUT2D eigenvalue weighted by Gasteiger charge is -2.33. The zero-order valence-corrected chi connectivity index (χ0v) is 10.2. The number of hydrogen-bond donors (Lipinski definition) is 1. The van der Waals surface area contributed by atoms with Crippen LogP contribution in [0, 0.1) is 6.92 Å². The molecule has 0 spiro atoms. The van der Waals surface area contributed by atoms with E-state index in [-0.39, 0.29) is 6.04 Å². The van der Waals surface area contributed by atoms with Gasteiger partial charge in [-0.15, -0.1) is 0 Å². The standard InChI is InChI=1S/C14H19NO2/c1-11-6-2-3-7-12(11)10-15-9-5-4-8-13(15)14(16)17/h2-3,6-7,13H,4-5,8-10H2,1H3,(H,16,17)/t13-/m1/s1. The van der Waals surface area contributed by atoms with E-state index in [2.05, 4.69) is 24.0 Å². The topological polar surface area (TPSA) is 40.5 Å². The van der Waals surface area contributed by atoms with E-state index in [0.717, 1.165) is 32.4 Å². The van der Waals surface area contributed by atoms with E-state index in [9.17, 15) is 9.90 Å². The van der Waals surface area contributed by atoms with Gasteiger partial charge in [0.2, 0.25) is 0 Å². The fraction of sp³-hybridized carbons (Fsp3) is 0.500. The number of hydrogen-bond acceptors (Lipinski definition) is 2. The van der Waals surface area contributed by atoms with Crippen molar-refractivity contribution in [3.8, 4) is 0 Å². The van der Waals surface area contributed by atoms with Gasteiger partial charge in [0.1, 0.15) is 6.04 Å². The summed E-state index contributed by atoms with van der Waals surface area (Å²) in [6.45, 7) is 3.73. The lowest BCUT2D eigenvalue weighted by molar-refractivity contribution is -0.144. The van der Waals surface area contributed by atoms with Crippen molar-refractivity contribution in [2.24, 2.45) is 0 Å². The highest BCUT2D eigenvalue weighted by Crippen LogP contribution is 2.21. The summed E-state index contributed by atoms with van der Waals surface area (Å²) in [5.41, 5.74) is 2.47. The van der Waals surface area contributed by atoms with Crippen molar-refractivity contribution in [3.05, 3.63) is 35.4 Å². The number of carbonyl (C=O) groups is 1. The predicted octanol–water partition coefficient (Wildman–Crippen LogP) is 2.43. The first-order valence-electron chi connectivity index (χ1n) is 6.20. The third-order valence-corrected chi connectivity index (χ3v) is 3.53. The van der Waals surface area contributed by atoms with Crippen molar-refractivity contribution in [2.75, 3.05) is 6.54 Å². The van der Waals surface area contributed by atoms with E-state index in [4.69, 9.17) is 0 Å². The van der Waals surface area contributed by atoms with Gasteiger partial charge < -0.3 is 5.11 Å². The number of benzene rings is 1. The molecule has 1 aliphatic heterocycles. The molecule has 17 heavy (non-hydrogen) atoms. The van der Waals surface area contributed by atoms with Crippen LogP contribution in [0.4, 0.5) is 0 Å². The molecule has 1 aliphatic rings. The highest BCUT2D eigenvalue weighted by Gasteiger charge is 2.28. The Morgan fingerprint density at radius 1 is 1.41 bits per heavy atom. The molecule has 0 radical (unpaired) electrons. The third-order valence-electron chi connectivity index (χ3n) is 3.53. The lowest BCUT2D eigenvalue weighted by atomic mass is 10.00. The molecule has 1 aromatic rings. The maximum Gasteiger partial charge on any atom is 0.320 e. The largest absolute Gasteiger partial charge is 0.480 e. The van der Waals surface area contributed by atoms with Crippen LogP contribution < -0.4 is 0 Å². The number of piperidine rings is 1. The van der Waals surface area contributed by atoms with Gasteiger partial charge in [0.05, 0.1) is 0 Å². The van der Waals surface area contributed by atoms with Gasteiger partial charge in [-0.2, -0.15) is 0 Å². The van der Waals surface area contributed by atoms with E-state index in [0.29, 0.717) is 0 Å². The molecule has 0 saturated carbocycles. The lowest BCUT2D eigenvalue weighted by Crippen LogP contribution is -2.44. The molecular formula is C14H19NO2. The first-order chi connectivity index (χ1) is 8.18. The number of likely N-dealkylation sites (tertiary alicyclic amines) is 1. The molecule has 0 aliphatic carbocycles. The minimum Gasteiger partial charge on any atom is -0.480 e. The minimum absolute atomic E-state index is 0.302. The van der Waals surface area contributed by atoms with E-state index < -0.39 is 5.97 Å². The zero-order valence-electron chi connectivity index (χ0n) is 10.2. The monoisotopic (exact) mass is 233 g/mol. The second kappa shape index (κ2) is 5.32. The van der Waals surface area contributed by atoms with Crippen molar-refractivity contribution >= 4 is 5.97 Å². The van der Waals surface area contributed by atoms with Crippen LogP contribution in [0.15, 0.2) is 24.3 Å². The van der Waals surface area contributed by atoms with Crippen LogP contribution in [0.1, 0.15) is 30.4 Å². The molecule has 1 atom stereocenters. The maximum absolute atomic E-state index is 11.2. The van der Waals surface area contributed by atoms with E-state index >= 15 is 0 Å². The van der Waals surface area contributed by atoms with E-state index in [1.54, 1.807) is 0 Å². The number of carboxylic acid groups (broad SMARTS) is 1. The van der Waals surface area contributed by atoms with Gasteiger partial charge in [-0.05, 0) is 37.4 Å². The van der Waals surface area contributed by atoms with Crippen molar-refractivity contribution in [3.63, 3.8) is 0 Å². The normalized spacial score (nSPS) is 21.4. The van der Waals surface area contributed by atoms with Crippen molar-refractivity contribution in [1.29, 1.82) is 0 Å². The average molecular weight is 233 g/mol. The molecule has 3 nitrogen and oxygen atoms in total. The molecule has 1 heterocycles. The first kappa shape index (κ1) is 12.1. The molecule has 1 saturated heterocycles. The van der Waals surface area contributed by atoms with Gasteiger partial charge in [0.25, 0.3) is 0 Å². The van der Waals surface area contributed by atoms with Crippen LogP contribution in [0.25, 0.3) is 0 Å². The van der Waals surface area contributed by atoms with Crippen LogP contribution in [0.2, 0.25) is 0 Å². The second-order valence-electron chi connectivity index (χ2n) is 4.75. The van der Waals surface area contributed by atoms with Crippen molar-refractivity contribution in [2.45, 2.75) is 38.8 Å². The molecule has 0 amide bonds. The summed E-state index contributed by atoms with van der Waals surface area (Å²) in [6.07, 6.45) is 2.91. The Hall–Kier alpha value is -1.35. The molecule has 0 bridgehead atoms. The van der Waals surface area contributed by atoms with Gasteiger partial charge in [0, 0.05) is 6.54 Å². The molecule has 2 rings (SSSR count). The Morgan fingerprint density at radius 2 is 2.18 bits per heavy atom. The fourth-order valence-corrected chi connectivity index (χ4v) is 2.47. The predicted molar refractivity (Wildman–Crippen MR) is 66.9 cm³/mol. The Kier molecular flexibility index (Phi) is 3.79. The Bertz CT molecular complexity index is 403. The average Bonchev–Trinajstić information content (AvgIpc) is 2.32. The summed E-state index contributed by atoms with van der Waals surface area (Å²) in [4.78, 5) is 13.3. The summed E-state index contributed by atoms with van der Waals surface area (Å²) >= 11 is 0. The van der Waals surface area contributed by atoms with Crippen LogP contribution in [-0.4, -0.2) is 28.6 Å². The van der Waals surface area contributed by atoms with Gasteiger partial charge >= 0.3 is 5.97 Å². The highest BCUT2D eigenvalue weighted by atomic mass is 16.4. The molecule has 1 fully saturated rings. The molecule has 0 aromatic heterocycles. The molecule has 1 N–H and O–H groups in total.